The highest BCUT2D eigenvalue weighted by atomic mass is 14.5. The predicted molar refractivity (Wildman–Crippen MR) is 81.3 cm³/mol. The normalized spacial score (nSPS) is 12.2. The van der Waals surface area contributed by atoms with Gasteiger partial charge in [-0.1, -0.05) is 49.1 Å². The zero-order valence-electron chi connectivity index (χ0n) is 10.6. The second-order valence-corrected chi connectivity index (χ2v) is 4.18. The topological polar surface area (TPSA) is 26.0 Å². The standard InChI is InChI=1S/C17H17N/c1-3-5-13(6-4-2)14-7-8-16-12-17(18)10-9-15(16)11-14/h3-12H,1,18H2,2H3/b6-4-,13-5+. The summed E-state index contributed by atoms with van der Waals surface area (Å²) >= 11 is 0. The lowest BCUT2D eigenvalue weighted by atomic mass is 10.0. The van der Waals surface area contributed by atoms with Crippen LogP contribution in [0.1, 0.15) is 12.5 Å². The zero-order valence-corrected chi connectivity index (χ0v) is 10.6. The molecular formula is C17H17N. The van der Waals surface area contributed by atoms with E-state index in [9.17, 15) is 0 Å². The number of allylic oxidation sites excluding steroid dienone is 5. The Balaban J connectivity index is 2.55. The number of anilines is 1. The fraction of sp³-hybridized carbons (Fsp3) is 0.0588. The van der Waals surface area contributed by atoms with Crippen molar-refractivity contribution >= 4 is 22.0 Å². The fourth-order valence-corrected chi connectivity index (χ4v) is 2.00. The zero-order chi connectivity index (χ0) is 13.0. The van der Waals surface area contributed by atoms with Gasteiger partial charge in [0.05, 0.1) is 0 Å². The van der Waals surface area contributed by atoms with Crippen molar-refractivity contribution in [3.63, 3.8) is 0 Å². The van der Waals surface area contributed by atoms with Gasteiger partial charge in [0.2, 0.25) is 0 Å². The molecule has 2 rings (SSSR count). The van der Waals surface area contributed by atoms with Gasteiger partial charge in [0.25, 0.3) is 0 Å². The van der Waals surface area contributed by atoms with Gasteiger partial charge >= 0.3 is 0 Å². The first-order valence-corrected chi connectivity index (χ1v) is 5.99. The van der Waals surface area contributed by atoms with Gasteiger partial charge in [0, 0.05) is 5.69 Å². The van der Waals surface area contributed by atoms with Gasteiger partial charge < -0.3 is 5.73 Å². The summed E-state index contributed by atoms with van der Waals surface area (Å²) in [7, 11) is 0. The van der Waals surface area contributed by atoms with Crippen LogP contribution in [0.4, 0.5) is 5.69 Å². The number of rotatable bonds is 3. The average molecular weight is 235 g/mol. The molecule has 0 aliphatic carbocycles. The summed E-state index contributed by atoms with van der Waals surface area (Å²) in [4.78, 5) is 0. The Labute approximate surface area is 108 Å². The monoisotopic (exact) mass is 235 g/mol. The van der Waals surface area contributed by atoms with Gasteiger partial charge in [-0.15, -0.1) is 0 Å². The highest BCUT2D eigenvalue weighted by Crippen LogP contribution is 2.23. The lowest BCUT2D eigenvalue weighted by molar-refractivity contribution is 1.64. The van der Waals surface area contributed by atoms with E-state index in [-0.39, 0.29) is 0 Å². The summed E-state index contributed by atoms with van der Waals surface area (Å²) in [6.45, 7) is 5.77. The molecule has 1 nitrogen and oxygen atoms in total. The van der Waals surface area contributed by atoms with E-state index in [4.69, 9.17) is 5.73 Å². The second-order valence-electron chi connectivity index (χ2n) is 4.18. The van der Waals surface area contributed by atoms with Crippen LogP contribution < -0.4 is 5.73 Å². The molecule has 0 aliphatic heterocycles. The van der Waals surface area contributed by atoms with Gasteiger partial charge in [0.1, 0.15) is 0 Å². The van der Waals surface area contributed by atoms with Crippen molar-refractivity contribution in [1.82, 2.24) is 0 Å². The lowest BCUT2D eigenvalue weighted by Crippen LogP contribution is -1.85. The van der Waals surface area contributed by atoms with Crippen LogP contribution in [0.25, 0.3) is 16.3 Å². The number of benzene rings is 2. The van der Waals surface area contributed by atoms with Crippen molar-refractivity contribution in [2.75, 3.05) is 5.73 Å². The quantitative estimate of drug-likeness (QED) is 0.612. The average Bonchev–Trinajstić information content (AvgIpc) is 2.38. The van der Waals surface area contributed by atoms with Crippen LogP contribution >= 0.6 is 0 Å². The van der Waals surface area contributed by atoms with Crippen molar-refractivity contribution in [2.45, 2.75) is 6.92 Å². The Kier molecular flexibility index (Phi) is 3.63. The third-order valence-corrected chi connectivity index (χ3v) is 2.84. The van der Waals surface area contributed by atoms with Crippen molar-refractivity contribution in [3.8, 4) is 0 Å². The molecule has 2 N–H and O–H groups in total. The van der Waals surface area contributed by atoms with Crippen LogP contribution in [0.2, 0.25) is 0 Å². The SMILES string of the molecule is C=C/C=C(\C=C/C)c1ccc2cc(N)ccc2c1. The van der Waals surface area contributed by atoms with Crippen LogP contribution in [0.15, 0.2) is 67.3 Å². The fourth-order valence-electron chi connectivity index (χ4n) is 2.00. The number of nitrogen functional groups attached to an aromatic ring is 1. The number of nitrogens with two attached hydrogens (primary N) is 1. The molecule has 18 heavy (non-hydrogen) atoms. The van der Waals surface area contributed by atoms with Crippen molar-refractivity contribution in [2.24, 2.45) is 0 Å². The van der Waals surface area contributed by atoms with Crippen LogP contribution in [0.5, 0.6) is 0 Å². The highest BCUT2D eigenvalue weighted by molar-refractivity contribution is 5.89. The molecule has 0 amide bonds. The Hall–Kier alpha value is -2.28. The first-order chi connectivity index (χ1) is 8.74. The molecule has 0 bridgehead atoms. The Morgan fingerprint density at radius 3 is 2.56 bits per heavy atom. The van der Waals surface area contributed by atoms with Crippen LogP contribution in [0, 0.1) is 0 Å². The van der Waals surface area contributed by atoms with E-state index in [0.717, 1.165) is 16.6 Å². The van der Waals surface area contributed by atoms with E-state index < -0.39 is 0 Å². The van der Waals surface area contributed by atoms with Crippen LogP contribution in [0.3, 0.4) is 0 Å². The molecule has 2 aromatic rings. The minimum atomic E-state index is 0.797. The Morgan fingerprint density at radius 2 is 1.83 bits per heavy atom. The van der Waals surface area contributed by atoms with Crippen LogP contribution in [-0.4, -0.2) is 0 Å². The maximum atomic E-state index is 5.78. The molecule has 0 atom stereocenters. The molecule has 0 saturated heterocycles. The second kappa shape index (κ2) is 5.37. The maximum absolute atomic E-state index is 5.78. The molecule has 2 aromatic carbocycles. The number of hydrogen-bond donors (Lipinski definition) is 1. The van der Waals surface area contributed by atoms with E-state index in [1.807, 2.05) is 37.3 Å². The minimum Gasteiger partial charge on any atom is -0.399 e. The smallest absolute Gasteiger partial charge is 0.0320 e. The third kappa shape index (κ3) is 2.51. The van der Waals surface area contributed by atoms with Gasteiger partial charge in [0.15, 0.2) is 0 Å². The van der Waals surface area contributed by atoms with Crippen molar-refractivity contribution in [3.05, 3.63) is 72.8 Å². The van der Waals surface area contributed by atoms with E-state index in [2.05, 4.69) is 36.9 Å². The summed E-state index contributed by atoms with van der Waals surface area (Å²) in [6, 6.07) is 12.3. The molecule has 0 aliphatic rings. The van der Waals surface area contributed by atoms with Crippen molar-refractivity contribution in [1.29, 1.82) is 0 Å². The van der Waals surface area contributed by atoms with Gasteiger partial charge in [-0.3, -0.25) is 0 Å². The van der Waals surface area contributed by atoms with E-state index >= 15 is 0 Å². The van der Waals surface area contributed by atoms with Gasteiger partial charge in [-0.05, 0) is 47.0 Å². The Bertz CT molecular complexity index is 633. The summed E-state index contributed by atoms with van der Waals surface area (Å²) in [5.41, 5.74) is 8.92. The van der Waals surface area contributed by atoms with Crippen LogP contribution in [-0.2, 0) is 0 Å². The molecule has 0 saturated carbocycles. The molecule has 0 aromatic heterocycles. The first kappa shape index (κ1) is 12.2. The molecule has 0 fully saturated rings. The number of fused-ring (bicyclic) bond motifs is 1. The molecule has 0 heterocycles. The first-order valence-electron chi connectivity index (χ1n) is 5.99. The molecule has 0 unspecified atom stereocenters. The van der Waals surface area contributed by atoms with E-state index in [0.29, 0.717) is 0 Å². The van der Waals surface area contributed by atoms with Gasteiger partial charge in [-0.2, -0.15) is 0 Å². The summed E-state index contributed by atoms with van der Waals surface area (Å²) in [5.74, 6) is 0. The van der Waals surface area contributed by atoms with Crippen molar-refractivity contribution < 1.29 is 0 Å². The molecule has 90 valence electrons. The predicted octanol–water partition coefficient (Wildman–Crippen LogP) is 4.57. The summed E-state index contributed by atoms with van der Waals surface area (Å²) in [6.07, 6.45) is 7.93. The molecule has 0 radical (unpaired) electrons. The highest BCUT2D eigenvalue weighted by Gasteiger charge is 2.00. The molecular weight excluding hydrogens is 218 g/mol. The molecule has 1 heteroatoms. The summed E-state index contributed by atoms with van der Waals surface area (Å²) < 4.78 is 0. The molecule has 0 spiro atoms. The van der Waals surface area contributed by atoms with E-state index in [1.54, 1.807) is 0 Å². The minimum absolute atomic E-state index is 0.797. The third-order valence-electron chi connectivity index (χ3n) is 2.84. The number of hydrogen-bond acceptors (Lipinski definition) is 1. The largest absolute Gasteiger partial charge is 0.399 e. The summed E-state index contributed by atoms with van der Waals surface area (Å²) in [5, 5.41) is 2.36. The maximum Gasteiger partial charge on any atom is 0.0320 e. The van der Waals surface area contributed by atoms with Gasteiger partial charge in [-0.25, -0.2) is 0 Å². The van der Waals surface area contributed by atoms with E-state index in [1.165, 1.54) is 10.9 Å². The Morgan fingerprint density at radius 1 is 1.11 bits per heavy atom. The lowest BCUT2D eigenvalue weighted by Gasteiger charge is -2.05.